The van der Waals surface area contributed by atoms with E-state index in [2.05, 4.69) is 0 Å². The van der Waals surface area contributed by atoms with E-state index in [1.165, 1.54) is 12.1 Å². The topological polar surface area (TPSA) is 82.8 Å². The van der Waals surface area contributed by atoms with Crippen LogP contribution in [0.1, 0.15) is 16.9 Å². The van der Waals surface area contributed by atoms with Crippen molar-refractivity contribution in [3.8, 4) is 0 Å². The number of carbonyl (C=O) groups excluding carboxylic acids is 1. The van der Waals surface area contributed by atoms with Gasteiger partial charge >= 0.3 is 12.1 Å². The number of hydrogen-bond acceptors (Lipinski definition) is 3. The minimum atomic E-state index is -4.50. The average Bonchev–Trinajstić information content (AvgIpc) is 2.92. The van der Waals surface area contributed by atoms with Gasteiger partial charge in [-0.05, 0) is 12.1 Å². The van der Waals surface area contributed by atoms with Crippen molar-refractivity contribution in [3.05, 3.63) is 24.0 Å². The molecule has 2 heterocycles. The lowest BCUT2D eigenvalue weighted by Crippen LogP contribution is -2.41. The summed E-state index contributed by atoms with van der Waals surface area (Å²) in [5, 5.41) is 18.5. The zero-order valence-electron chi connectivity index (χ0n) is 10.7. The quantitative estimate of drug-likeness (QED) is 0.861. The van der Waals surface area contributed by atoms with Gasteiger partial charge < -0.3 is 19.7 Å². The van der Waals surface area contributed by atoms with Crippen molar-refractivity contribution in [2.45, 2.75) is 31.3 Å². The van der Waals surface area contributed by atoms with Crippen LogP contribution in [0, 0.1) is 0 Å². The molecule has 1 saturated heterocycles. The third kappa shape index (κ3) is 3.35. The largest absolute Gasteiger partial charge is 0.480 e. The third-order valence-electron chi connectivity index (χ3n) is 3.22. The van der Waals surface area contributed by atoms with Crippen LogP contribution in [0.5, 0.6) is 0 Å². The van der Waals surface area contributed by atoms with Gasteiger partial charge in [-0.15, -0.1) is 0 Å². The highest BCUT2D eigenvalue weighted by molar-refractivity contribution is 5.95. The SMILES string of the molecule is O=C(O)[C@@H]1CC(O)CN1C(=O)c1cccn1CC(F)(F)F. The zero-order chi connectivity index (χ0) is 15.8. The Labute approximate surface area is 117 Å². The van der Waals surface area contributed by atoms with Gasteiger partial charge in [-0.1, -0.05) is 0 Å². The van der Waals surface area contributed by atoms with Gasteiger partial charge in [0, 0.05) is 19.2 Å². The van der Waals surface area contributed by atoms with E-state index in [1.54, 1.807) is 0 Å². The summed E-state index contributed by atoms with van der Waals surface area (Å²) >= 11 is 0. The standard InChI is InChI=1S/C12H13F3N2O4/c13-12(14,15)6-16-3-1-2-8(16)10(19)17-5-7(18)4-9(17)11(20)21/h1-3,7,9,18H,4-6H2,(H,20,21)/t7?,9-/m0/s1. The highest BCUT2D eigenvalue weighted by atomic mass is 19.4. The summed E-state index contributed by atoms with van der Waals surface area (Å²) in [6.45, 7) is -1.55. The lowest BCUT2D eigenvalue weighted by molar-refractivity contribution is -0.142. The number of alkyl halides is 3. The Morgan fingerprint density at radius 1 is 1.38 bits per heavy atom. The lowest BCUT2D eigenvalue weighted by Gasteiger charge is -2.22. The molecule has 2 N–H and O–H groups in total. The second-order valence-electron chi connectivity index (χ2n) is 4.84. The summed E-state index contributed by atoms with van der Waals surface area (Å²) in [7, 11) is 0. The van der Waals surface area contributed by atoms with E-state index >= 15 is 0 Å². The van der Waals surface area contributed by atoms with Crippen molar-refractivity contribution in [2.24, 2.45) is 0 Å². The number of likely N-dealkylation sites (tertiary alicyclic amines) is 1. The van der Waals surface area contributed by atoms with Crippen LogP contribution in [0.4, 0.5) is 13.2 Å². The Hall–Kier alpha value is -2.03. The maximum absolute atomic E-state index is 12.4. The summed E-state index contributed by atoms with van der Waals surface area (Å²) in [6.07, 6.45) is -4.53. The van der Waals surface area contributed by atoms with E-state index in [-0.39, 0.29) is 18.7 Å². The number of aliphatic hydroxyl groups excluding tert-OH is 1. The van der Waals surface area contributed by atoms with Crippen molar-refractivity contribution in [1.82, 2.24) is 9.47 Å². The molecule has 0 spiro atoms. The molecule has 2 rings (SSSR count). The van der Waals surface area contributed by atoms with Crippen LogP contribution in [-0.4, -0.2) is 56.4 Å². The van der Waals surface area contributed by atoms with Gasteiger partial charge in [0.25, 0.3) is 5.91 Å². The first-order valence-corrected chi connectivity index (χ1v) is 6.13. The second-order valence-corrected chi connectivity index (χ2v) is 4.84. The van der Waals surface area contributed by atoms with Gasteiger partial charge in [0.05, 0.1) is 6.10 Å². The van der Waals surface area contributed by atoms with Gasteiger partial charge in [-0.2, -0.15) is 13.2 Å². The Kier molecular flexibility index (Phi) is 3.95. The minimum Gasteiger partial charge on any atom is -0.480 e. The number of aliphatic hydroxyl groups is 1. The number of rotatable bonds is 3. The molecule has 1 aliphatic heterocycles. The van der Waals surface area contributed by atoms with Crippen molar-refractivity contribution >= 4 is 11.9 Å². The number of aromatic nitrogens is 1. The van der Waals surface area contributed by atoms with Crippen LogP contribution >= 0.6 is 0 Å². The number of nitrogens with zero attached hydrogens (tertiary/aromatic N) is 2. The van der Waals surface area contributed by atoms with Crippen LogP contribution in [0.15, 0.2) is 18.3 Å². The molecule has 0 radical (unpaired) electrons. The molecule has 2 atom stereocenters. The van der Waals surface area contributed by atoms with Gasteiger partial charge in [0.15, 0.2) is 0 Å². The molecule has 116 valence electrons. The van der Waals surface area contributed by atoms with Gasteiger partial charge in [0.2, 0.25) is 0 Å². The molecule has 1 unspecified atom stereocenters. The normalized spacial score (nSPS) is 22.6. The third-order valence-corrected chi connectivity index (χ3v) is 3.22. The van der Waals surface area contributed by atoms with Gasteiger partial charge in [0.1, 0.15) is 18.3 Å². The number of hydrogen-bond donors (Lipinski definition) is 2. The molecule has 6 nitrogen and oxygen atoms in total. The van der Waals surface area contributed by atoms with Crippen molar-refractivity contribution < 1.29 is 33.0 Å². The van der Waals surface area contributed by atoms with E-state index in [0.29, 0.717) is 4.57 Å². The number of carboxylic acid groups (broad SMARTS) is 1. The molecule has 9 heteroatoms. The maximum atomic E-state index is 12.4. The van der Waals surface area contributed by atoms with Gasteiger partial charge in [-0.25, -0.2) is 4.79 Å². The zero-order valence-corrected chi connectivity index (χ0v) is 10.7. The summed E-state index contributed by atoms with van der Waals surface area (Å²) in [4.78, 5) is 24.2. The smallest absolute Gasteiger partial charge is 0.406 e. The Morgan fingerprint density at radius 2 is 2.05 bits per heavy atom. The Bertz CT molecular complexity index is 555. The van der Waals surface area contributed by atoms with Crippen molar-refractivity contribution in [1.29, 1.82) is 0 Å². The molecule has 1 fully saturated rings. The maximum Gasteiger partial charge on any atom is 0.406 e. The number of halogens is 3. The highest BCUT2D eigenvalue weighted by Gasteiger charge is 2.40. The number of aliphatic carboxylic acids is 1. The predicted molar refractivity (Wildman–Crippen MR) is 63.6 cm³/mol. The van der Waals surface area contributed by atoms with Crippen LogP contribution in [-0.2, 0) is 11.3 Å². The first-order valence-electron chi connectivity index (χ1n) is 6.13. The molecular weight excluding hydrogens is 293 g/mol. The van der Waals surface area contributed by atoms with E-state index in [1.807, 2.05) is 0 Å². The molecular formula is C12H13F3N2O4. The summed E-state index contributed by atoms with van der Waals surface area (Å²) in [5.74, 6) is -2.14. The monoisotopic (exact) mass is 306 g/mol. The molecule has 0 saturated carbocycles. The summed E-state index contributed by atoms with van der Waals surface area (Å²) in [5.41, 5.74) is -0.257. The van der Waals surface area contributed by atoms with E-state index in [0.717, 1.165) is 11.1 Å². The first-order chi connectivity index (χ1) is 9.69. The van der Waals surface area contributed by atoms with E-state index in [4.69, 9.17) is 5.11 Å². The molecule has 1 aromatic heterocycles. The van der Waals surface area contributed by atoms with Crippen LogP contribution in [0.2, 0.25) is 0 Å². The molecule has 1 aromatic rings. The highest BCUT2D eigenvalue weighted by Crippen LogP contribution is 2.23. The average molecular weight is 306 g/mol. The van der Waals surface area contributed by atoms with Crippen LogP contribution < -0.4 is 0 Å². The summed E-state index contributed by atoms with van der Waals surface area (Å²) in [6, 6.07) is 1.24. The fourth-order valence-corrected chi connectivity index (χ4v) is 2.36. The number of β-amino-alcohol motifs (C(OH)–C–C–N with tert-alkyl or cyclic N) is 1. The fraction of sp³-hybridized carbons (Fsp3) is 0.500. The fourth-order valence-electron chi connectivity index (χ4n) is 2.36. The predicted octanol–water partition coefficient (Wildman–Crippen LogP) is 0.710. The number of carboxylic acids is 1. The molecule has 21 heavy (non-hydrogen) atoms. The molecule has 1 amide bonds. The lowest BCUT2D eigenvalue weighted by atomic mass is 10.2. The number of amides is 1. The minimum absolute atomic E-state index is 0.138. The molecule has 0 bridgehead atoms. The van der Waals surface area contributed by atoms with Crippen molar-refractivity contribution in [3.63, 3.8) is 0 Å². The van der Waals surface area contributed by atoms with E-state index in [9.17, 15) is 27.9 Å². The Balaban J connectivity index is 2.24. The Morgan fingerprint density at radius 3 is 2.62 bits per heavy atom. The van der Waals surface area contributed by atoms with Crippen LogP contribution in [0.25, 0.3) is 0 Å². The van der Waals surface area contributed by atoms with Gasteiger partial charge in [-0.3, -0.25) is 4.79 Å². The molecule has 1 aliphatic rings. The number of carbonyl (C=O) groups is 2. The first kappa shape index (κ1) is 15.4. The van der Waals surface area contributed by atoms with Crippen molar-refractivity contribution in [2.75, 3.05) is 6.54 Å². The van der Waals surface area contributed by atoms with E-state index < -0.39 is 36.7 Å². The summed E-state index contributed by atoms with van der Waals surface area (Å²) < 4.78 is 38.0. The van der Waals surface area contributed by atoms with Crippen LogP contribution in [0.3, 0.4) is 0 Å². The second kappa shape index (κ2) is 5.40. The molecule has 0 aromatic carbocycles. The molecule has 0 aliphatic carbocycles.